The van der Waals surface area contributed by atoms with E-state index in [1.165, 1.54) is 61.5 Å². The minimum absolute atomic E-state index is 0.0209. The van der Waals surface area contributed by atoms with Gasteiger partial charge in [-0.1, -0.05) is 64.5 Å². The summed E-state index contributed by atoms with van der Waals surface area (Å²) in [5.74, 6) is 0. The van der Waals surface area contributed by atoms with Crippen molar-refractivity contribution in [2.75, 3.05) is 33.4 Å². The predicted octanol–water partition coefficient (Wildman–Crippen LogP) is 6.46. The van der Waals surface area contributed by atoms with Crippen molar-refractivity contribution in [1.29, 1.82) is 0 Å². The van der Waals surface area contributed by atoms with Gasteiger partial charge in [-0.3, -0.25) is 0 Å². The van der Waals surface area contributed by atoms with Crippen LogP contribution in [-0.4, -0.2) is 60.7 Å². The van der Waals surface area contributed by atoms with Crippen LogP contribution < -0.4 is 5.32 Å². The van der Waals surface area contributed by atoms with E-state index in [-0.39, 0.29) is 21.0 Å². The van der Waals surface area contributed by atoms with E-state index < -0.39 is 20.0 Å². The molecule has 8 nitrogen and oxygen atoms in total. The van der Waals surface area contributed by atoms with Gasteiger partial charge in [0.2, 0.25) is 0 Å². The van der Waals surface area contributed by atoms with Gasteiger partial charge in [0.25, 0.3) is 20.0 Å². The summed E-state index contributed by atoms with van der Waals surface area (Å²) in [7, 11) is -6.14. The van der Waals surface area contributed by atoms with Crippen LogP contribution in [0.1, 0.15) is 109 Å². The van der Waals surface area contributed by atoms with E-state index in [1.54, 1.807) is 7.11 Å². The van der Waals surface area contributed by atoms with Crippen LogP contribution in [0.5, 0.6) is 0 Å². The molecule has 39 heavy (non-hydrogen) atoms. The quantitative estimate of drug-likeness (QED) is 0.0983. The number of sulfonamides is 2. The second kappa shape index (κ2) is 18.3. The maximum atomic E-state index is 13.2. The van der Waals surface area contributed by atoms with Crippen molar-refractivity contribution in [3.8, 4) is 0 Å². The number of hydrogen-bond donors (Lipinski definition) is 1. The molecule has 1 aliphatic rings. The summed E-state index contributed by atoms with van der Waals surface area (Å²) >= 11 is 0.801. The zero-order valence-corrected chi connectivity index (χ0v) is 26.5. The maximum Gasteiger partial charge on any atom is 0.291 e. The Balaban J connectivity index is 1.83. The average molecular weight is 604 g/mol. The first-order chi connectivity index (χ1) is 18.8. The summed E-state index contributed by atoms with van der Waals surface area (Å²) < 4.78 is 62.7. The number of methoxy groups -OCH3 is 1. The lowest BCUT2D eigenvalue weighted by Gasteiger charge is -2.32. The SMILES string of the molecule is CCCCCC/C=C/CCCCCCCC=NS(=O)(=O)c1cc2c(s1)S(=O)(=O)N(CCCOC)C[C@@H]2NCC. The first-order valence-corrected chi connectivity index (χ1v) is 18.3. The number of fused-ring (bicyclic) bond motifs is 1. The Labute approximate surface area is 241 Å². The Hall–Kier alpha value is -1.11. The van der Waals surface area contributed by atoms with Crippen LogP contribution in [0.2, 0.25) is 0 Å². The van der Waals surface area contributed by atoms with Crippen molar-refractivity contribution in [1.82, 2.24) is 9.62 Å². The number of nitrogens with zero attached hydrogens (tertiary/aromatic N) is 2. The number of nitrogens with one attached hydrogen (secondary N) is 1. The third kappa shape index (κ3) is 11.4. The van der Waals surface area contributed by atoms with Crippen LogP contribution in [0.15, 0.2) is 31.0 Å². The Morgan fingerprint density at radius 3 is 2.31 bits per heavy atom. The molecule has 11 heteroatoms. The average Bonchev–Trinajstić information content (AvgIpc) is 3.37. The van der Waals surface area contributed by atoms with E-state index >= 15 is 0 Å². The number of allylic oxidation sites excluding steroid dienone is 2. The van der Waals surface area contributed by atoms with Crippen molar-refractivity contribution in [2.24, 2.45) is 4.40 Å². The summed E-state index contributed by atoms with van der Waals surface area (Å²) in [6.07, 6.45) is 20.2. The van der Waals surface area contributed by atoms with Crippen molar-refractivity contribution < 1.29 is 21.6 Å². The standard InChI is InChI=1S/C28H49N3O5S3/c1-4-6-7-8-9-10-11-12-13-14-15-16-17-18-20-30-38(32,33)27-23-25-26(29-5-2)24-31(21-19-22-36-3)39(34,35)28(25)37-27/h10-11,20,23,26,29H,4-9,12-19,21-22,24H2,1-3H3/b11-10+,30-20?/t26-/m0/s1. The van der Waals surface area contributed by atoms with Gasteiger partial charge in [0.15, 0.2) is 0 Å². The number of ether oxygens (including phenoxy) is 1. The van der Waals surface area contributed by atoms with E-state index in [4.69, 9.17) is 4.74 Å². The fourth-order valence-electron chi connectivity index (χ4n) is 4.63. The topological polar surface area (TPSA) is 105 Å². The molecule has 0 radical (unpaired) electrons. The first kappa shape index (κ1) is 34.1. The molecule has 1 atom stereocenters. The number of unbranched alkanes of at least 4 members (excludes halogenated alkanes) is 10. The Morgan fingerprint density at radius 1 is 1.03 bits per heavy atom. The summed E-state index contributed by atoms with van der Waals surface area (Å²) in [6.45, 7) is 5.87. The molecule has 0 aromatic carbocycles. The van der Waals surface area contributed by atoms with Gasteiger partial charge in [0.1, 0.15) is 8.42 Å². The minimum Gasteiger partial charge on any atom is -0.385 e. The largest absolute Gasteiger partial charge is 0.385 e. The van der Waals surface area contributed by atoms with Crippen LogP contribution in [-0.2, 0) is 24.8 Å². The zero-order valence-electron chi connectivity index (χ0n) is 24.1. The molecule has 2 heterocycles. The molecule has 0 saturated heterocycles. The van der Waals surface area contributed by atoms with Gasteiger partial charge in [0, 0.05) is 44.6 Å². The smallest absolute Gasteiger partial charge is 0.291 e. The molecule has 0 amide bonds. The van der Waals surface area contributed by atoms with E-state index in [1.807, 2.05) is 6.92 Å². The second-order valence-electron chi connectivity index (χ2n) is 10.1. The summed E-state index contributed by atoms with van der Waals surface area (Å²) in [5.41, 5.74) is 0.518. The number of rotatable bonds is 21. The van der Waals surface area contributed by atoms with E-state index in [9.17, 15) is 16.8 Å². The highest BCUT2D eigenvalue weighted by molar-refractivity contribution is 7.94. The lowest BCUT2D eigenvalue weighted by atomic mass is 10.1. The van der Waals surface area contributed by atoms with Gasteiger partial charge in [-0.25, -0.2) is 8.42 Å². The number of likely N-dealkylation sites (N-methyl/N-ethyl adjacent to an activating group) is 1. The Kier molecular flexibility index (Phi) is 16.0. The molecule has 0 spiro atoms. The molecule has 0 unspecified atom stereocenters. The molecule has 224 valence electrons. The highest BCUT2D eigenvalue weighted by Crippen LogP contribution is 2.40. The third-order valence-electron chi connectivity index (χ3n) is 6.81. The molecule has 0 saturated carbocycles. The summed E-state index contributed by atoms with van der Waals surface area (Å²) in [6, 6.07) is 1.23. The molecule has 1 aromatic heterocycles. The van der Waals surface area contributed by atoms with Gasteiger partial charge in [0.05, 0.1) is 0 Å². The molecule has 1 aromatic rings. The number of hydrogen-bond acceptors (Lipinski definition) is 7. The van der Waals surface area contributed by atoms with Crippen LogP contribution >= 0.6 is 11.3 Å². The molecule has 0 bridgehead atoms. The lowest BCUT2D eigenvalue weighted by Crippen LogP contribution is -2.43. The van der Waals surface area contributed by atoms with Crippen LogP contribution in [0, 0.1) is 0 Å². The molecule has 0 fully saturated rings. The normalized spacial score (nSPS) is 17.9. The van der Waals surface area contributed by atoms with E-state index in [2.05, 4.69) is 28.8 Å². The number of thiophene rings is 1. The van der Waals surface area contributed by atoms with Gasteiger partial charge in [-0.2, -0.15) is 17.1 Å². The molecule has 1 N–H and O–H groups in total. The second-order valence-corrected chi connectivity index (χ2v) is 15.1. The highest BCUT2D eigenvalue weighted by Gasteiger charge is 2.39. The predicted molar refractivity (Wildman–Crippen MR) is 162 cm³/mol. The molecule has 0 aliphatic carbocycles. The zero-order chi connectivity index (χ0) is 28.6. The fourth-order valence-corrected chi connectivity index (χ4v) is 9.41. The maximum absolute atomic E-state index is 13.2. The first-order valence-electron chi connectivity index (χ1n) is 14.6. The Morgan fingerprint density at radius 2 is 1.67 bits per heavy atom. The molecular formula is C28H49N3O5S3. The van der Waals surface area contributed by atoms with Gasteiger partial charge in [-0.15, -0.1) is 11.3 Å². The van der Waals surface area contributed by atoms with Crippen molar-refractivity contribution >= 4 is 37.6 Å². The fraction of sp³-hybridized carbons (Fsp3) is 0.750. The highest BCUT2D eigenvalue weighted by atomic mass is 32.3. The van der Waals surface area contributed by atoms with E-state index in [0.717, 1.165) is 37.0 Å². The Bertz CT molecular complexity index is 1100. The van der Waals surface area contributed by atoms with Crippen LogP contribution in [0.4, 0.5) is 0 Å². The van der Waals surface area contributed by atoms with Crippen LogP contribution in [0.25, 0.3) is 0 Å². The molecule has 1 aliphatic heterocycles. The van der Waals surface area contributed by atoms with Crippen LogP contribution in [0.3, 0.4) is 0 Å². The van der Waals surface area contributed by atoms with Gasteiger partial charge in [-0.05, 0) is 57.6 Å². The lowest BCUT2D eigenvalue weighted by molar-refractivity contribution is 0.185. The molecule has 2 rings (SSSR count). The van der Waals surface area contributed by atoms with Crippen molar-refractivity contribution in [3.05, 3.63) is 23.8 Å². The van der Waals surface area contributed by atoms with Gasteiger partial charge < -0.3 is 10.1 Å². The molecular weight excluding hydrogens is 555 g/mol. The van der Waals surface area contributed by atoms with E-state index in [0.29, 0.717) is 38.1 Å². The minimum atomic E-state index is -3.95. The van der Waals surface area contributed by atoms with Crippen molar-refractivity contribution in [3.63, 3.8) is 0 Å². The summed E-state index contributed by atoms with van der Waals surface area (Å²) in [5, 5.41) is 3.30. The summed E-state index contributed by atoms with van der Waals surface area (Å²) in [4.78, 5) is 0. The van der Waals surface area contributed by atoms with Gasteiger partial charge >= 0.3 is 0 Å². The monoisotopic (exact) mass is 603 g/mol. The van der Waals surface area contributed by atoms with Crippen molar-refractivity contribution in [2.45, 2.75) is 112 Å². The third-order valence-corrected chi connectivity index (χ3v) is 12.1.